The largest absolute Gasteiger partial charge is 0.321 e. The molecule has 0 aliphatic heterocycles. The molecule has 1 heterocycles. The quantitative estimate of drug-likeness (QED) is 0.897. The molecule has 1 aromatic heterocycles. The van der Waals surface area contributed by atoms with Crippen molar-refractivity contribution in [2.75, 3.05) is 5.32 Å². The molecule has 1 N–H and O–H groups in total. The number of hydrogen-bond acceptors (Lipinski definition) is 3. The monoisotopic (exact) mass is 255 g/mol. The fourth-order valence-corrected chi connectivity index (χ4v) is 1.60. The van der Waals surface area contributed by atoms with Crippen molar-refractivity contribution in [2.24, 2.45) is 0 Å². The number of nitrogens with one attached hydrogen (secondary N) is 1. The molecule has 1 amide bonds. The molecular formula is C14H10FN3O. The van der Waals surface area contributed by atoms with Crippen LogP contribution in [0.5, 0.6) is 0 Å². The summed E-state index contributed by atoms with van der Waals surface area (Å²) in [5.41, 5.74) is 1.27. The zero-order valence-corrected chi connectivity index (χ0v) is 10.1. The summed E-state index contributed by atoms with van der Waals surface area (Å²) in [6.07, 6.45) is 1.52. The Morgan fingerprint density at radius 3 is 2.89 bits per heavy atom. The number of aromatic nitrogens is 1. The number of aryl methyl sites for hydroxylation is 1. The summed E-state index contributed by atoms with van der Waals surface area (Å²) in [7, 11) is 0. The predicted octanol–water partition coefficient (Wildman–Crippen LogP) is 2.65. The van der Waals surface area contributed by atoms with Crippen LogP contribution in [0.3, 0.4) is 0 Å². The summed E-state index contributed by atoms with van der Waals surface area (Å²) in [5.74, 6) is -1.01. The molecule has 19 heavy (non-hydrogen) atoms. The van der Waals surface area contributed by atoms with Crippen LogP contribution >= 0.6 is 0 Å². The van der Waals surface area contributed by atoms with Gasteiger partial charge in [0.25, 0.3) is 5.91 Å². The number of carbonyl (C=O) groups is 1. The van der Waals surface area contributed by atoms with Crippen LogP contribution in [0.2, 0.25) is 0 Å². The van der Waals surface area contributed by atoms with Gasteiger partial charge in [-0.3, -0.25) is 9.78 Å². The average molecular weight is 255 g/mol. The van der Waals surface area contributed by atoms with Crippen LogP contribution < -0.4 is 5.32 Å². The Morgan fingerprint density at radius 1 is 1.42 bits per heavy atom. The van der Waals surface area contributed by atoms with Crippen LogP contribution in [-0.2, 0) is 0 Å². The number of nitrogens with zero attached hydrogens (tertiary/aromatic N) is 2. The number of rotatable bonds is 2. The third-order valence-electron chi connectivity index (χ3n) is 2.57. The van der Waals surface area contributed by atoms with Gasteiger partial charge in [-0.2, -0.15) is 5.26 Å². The van der Waals surface area contributed by atoms with Crippen molar-refractivity contribution in [1.29, 1.82) is 5.26 Å². The molecule has 4 nitrogen and oxygen atoms in total. The van der Waals surface area contributed by atoms with Crippen LogP contribution in [0.4, 0.5) is 10.1 Å². The van der Waals surface area contributed by atoms with Gasteiger partial charge < -0.3 is 5.32 Å². The Balaban J connectivity index is 2.25. The number of amides is 1. The summed E-state index contributed by atoms with van der Waals surface area (Å²) >= 11 is 0. The molecule has 0 saturated heterocycles. The van der Waals surface area contributed by atoms with Crippen molar-refractivity contribution >= 4 is 11.6 Å². The number of hydrogen-bond donors (Lipinski definition) is 1. The molecule has 0 saturated carbocycles. The summed E-state index contributed by atoms with van der Waals surface area (Å²) in [6, 6.07) is 9.04. The third-order valence-corrected chi connectivity index (χ3v) is 2.57. The number of carbonyl (C=O) groups excluding carboxylic acids is 1. The van der Waals surface area contributed by atoms with Gasteiger partial charge in [0, 0.05) is 11.9 Å². The van der Waals surface area contributed by atoms with Gasteiger partial charge >= 0.3 is 0 Å². The molecule has 0 aliphatic rings. The van der Waals surface area contributed by atoms with E-state index in [1.165, 1.54) is 18.3 Å². The molecule has 0 atom stereocenters. The molecule has 0 bridgehead atoms. The maximum atomic E-state index is 13.1. The molecule has 0 radical (unpaired) electrons. The summed E-state index contributed by atoms with van der Waals surface area (Å²) in [4.78, 5) is 16.0. The summed E-state index contributed by atoms with van der Waals surface area (Å²) in [5, 5.41) is 11.3. The van der Waals surface area contributed by atoms with Crippen molar-refractivity contribution in [3.05, 3.63) is 59.2 Å². The lowest BCUT2D eigenvalue weighted by Gasteiger charge is -2.07. The van der Waals surface area contributed by atoms with Gasteiger partial charge in [-0.15, -0.1) is 0 Å². The first kappa shape index (κ1) is 12.7. The first-order valence-electron chi connectivity index (χ1n) is 5.54. The van der Waals surface area contributed by atoms with Gasteiger partial charge in [0.2, 0.25) is 0 Å². The second-order valence-electron chi connectivity index (χ2n) is 3.93. The van der Waals surface area contributed by atoms with E-state index in [1.54, 1.807) is 25.1 Å². The van der Waals surface area contributed by atoms with E-state index >= 15 is 0 Å². The Bertz CT molecular complexity index is 677. The Labute approximate surface area is 109 Å². The lowest BCUT2D eigenvalue weighted by Crippen LogP contribution is -2.15. The van der Waals surface area contributed by atoms with Gasteiger partial charge in [-0.25, -0.2) is 4.39 Å². The highest BCUT2D eigenvalue weighted by atomic mass is 19.1. The van der Waals surface area contributed by atoms with Crippen molar-refractivity contribution < 1.29 is 9.18 Å². The minimum Gasteiger partial charge on any atom is -0.321 e. The Hall–Kier alpha value is -2.74. The van der Waals surface area contributed by atoms with E-state index in [0.717, 1.165) is 11.6 Å². The smallest absolute Gasteiger partial charge is 0.274 e. The van der Waals surface area contributed by atoms with E-state index in [4.69, 9.17) is 5.26 Å². The topological polar surface area (TPSA) is 65.8 Å². The van der Waals surface area contributed by atoms with E-state index in [2.05, 4.69) is 10.3 Å². The van der Waals surface area contributed by atoms with Crippen molar-refractivity contribution in [3.63, 3.8) is 0 Å². The second kappa shape index (κ2) is 5.27. The molecule has 94 valence electrons. The first-order valence-corrected chi connectivity index (χ1v) is 5.54. The van der Waals surface area contributed by atoms with Gasteiger partial charge in [0.05, 0.1) is 5.56 Å². The van der Waals surface area contributed by atoms with E-state index < -0.39 is 11.7 Å². The van der Waals surface area contributed by atoms with E-state index in [-0.39, 0.29) is 5.56 Å². The van der Waals surface area contributed by atoms with E-state index in [9.17, 15) is 9.18 Å². The molecule has 2 aromatic rings. The van der Waals surface area contributed by atoms with E-state index in [1.807, 2.05) is 0 Å². The number of halogens is 1. The lowest BCUT2D eigenvalue weighted by molar-refractivity contribution is 0.102. The van der Waals surface area contributed by atoms with Crippen molar-refractivity contribution in [1.82, 2.24) is 4.98 Å². The highest BCUT2D eigenvalue weighted by Crippen LogP contribution is 2.15. The average Bonchev–Trinajstić information content (AvgIpc) is 2.41. The Kier molecular flexibility index (Phi) is 3.53. The Morgan fingerprint density at radius 2 is 2.21 bits per heavy atom. The SMILES string of the molecule is Cc1cccnc1C(=O)Nc1ccc(F)c(C#N)c1. The maximum Gasteiger partial charge on any atom is 0.274 e. The highest BCUT2D eigenvalue weighted by Gasteiger charge is 2.11. The number of nitriles is 1. The molecule has 5 heteroatoms. The fourth-order valence-electron chi connectivity index (χ4n) is 1.60. The molecular weight excluding hydrogens is 245 g/mol. The fraction of sp³-hybridized carbons (Fsp3) is 0.0714. The number of anilines is 1. The summed E-state index contributed by atoms with van der Waals surface area (Å²) in [6.45, 7) is 1.77. The van der Waals surface area contributed by atoms with Crippen LogP contribution in [0.25, 0.3) is 0 Å². The third kappa shape index (κ3) is 2.75. The zero-order valence-electron chi connectivity index (χ0n) is 10.1. The number of pyridine rings is 1. The van der Waals surface area contributed by atoms with Gasteiger partial charge in [0.15, 0.2) is 0 Å². The minimum atomic E-state index is -0.616. The normalized spacial score (nSPS) is 9.74. The maximum absolute atomic E-state index is 13.1. The van der Waals surface area contributed by atoms with Crippen molar-refractivity contribution in [2.45, 2.75) is 6.92 Å². The first-order chi connectivity index (χ1) is 9.11. The van der Waals surface area contributed by atoms with E-state index in [0.29, 0.717) is 11.4 Å². The van der Waals surface area contributed by atoms with Crippen LogP contribution in [0, 0.1) is 24.1 Å². The lowest BCUT2D eigenvalue weighted by atomic mass is 10.2. The van der Waals surface area contributed by atoms with Crippen molar-refractivity contribution in [3.8, 4) is 6.07 Å². The molecule has 2 rings (SSSR count). The van der Waals surface area contributed by atoms with Gasteiger partial charge in [0.1, 0.15) is 17.6 Å². The molecule has 0 aliphatic carbocycles. The van der Waals surface area contributed by atoms with Crippen LogP contribution in [0.15, 0.2) is 36.5 Å². The molecule has 1 aromatic carbocycles. The predicted molar refractivity (Wildman–Crippen MR) is 68.0 cm³/mol. The minimum absolute atomic E-state index is 0.115. The summed E-state index contributed by atoms with van der Waals surface area (Å²) < 4.78 is 13.1. The van der Waals surface area contributed by atoms with Gasteiger partial charge in [-0.1, -0.05) is 6.07 Å². The molecule has 0 fully saturated rings. The van der Waals surface area contributed by atoms with Crippen LogP contribution in [0.1, 0.15) is 21.6 Å². The number of benzene rings is 1. The molecule has 0 spiro atoms. The molecule has 0 unspecified atom stereocenters. The highest BCUT2D eigenvalue weighted by molar-refractivity contribution is 6.03. The zero-order chi connectivity index (χ0) is 13.8. The standard InChI is InChI=1S/C14H10FN3O/c1-9-3-2-6-17-13(9)14(19)18-11-4-5-12(15)10(7-11)8-16/h2-7H,1H3,(H,18,19). The van der Waals surface area contributed by atoms with Crippen LogP contribution in [-0.4, -0.2) is 10.9 Å². The van der Waals surface area contributed by atoms with Gasteiger partial charge in [-0.05, 0) is 36.8 Å². The second-order valence-corrected chi connectivity index (χ2v) is 3.93.